The van der Waals surface area contributed by atoms with Crippen molar-refractivity contribution < 1.29 is 9.47 Å². The van der Waals surface area contributed by atoms with E-state index in [1.165, 1.54) is 0 Å². The van der Waals surface area contributed by atoms with Crippen LogP contribution in [0.2, 0.25) is 0 Å². The number of benzene rings is 1. The highest BCUT2D eigenvalue weighted by molar-refractivity contribution is 5.65. The van der Waals surface area contributed by atoms with Crippen LogP contribution in [0.5, 0.6) is 5.75 Å². The fraction of sp³-hybridized carbons (Fsp3) is 0.333. The number of rotatable bonds is 7. The molecule has 0 aliphatic heterocycles. The number of hydrogen-bond acceptors (Lipinski definition) is 6. The van der Waals surface area contributed by atoms with Gasteiger partial charge in [-0.25, -0.2) is 9.97 Å². The molecule has 0 spiro atoms. The lowest BCUT2D eigenvalue weighted by molar-refractivity contribution is 0.128. The summed E-state index contributed by atoms with van der Waals surface area (Å²) in [6.07, 6.45) is 0. The van der Waals surface area contributed by atoms with E-state index in [1.807, 2.05) is 44.3 Å². The zero-order chi connectivity index (χ0) is 15.1. The van der Waals surface area contributed by atoms with E-state index in [0.717, 1.165) is 17.3 Å². The number of anilines is 3. The quantitative estimate of drug-likeness (QED) is 0.816. The molecule has 1 aromatic carbocycles. The fourth-order valence-corrected chi connectivity index (χ4v) is 1.83. The maximum Gasteiger partial charge on any atom is 0.158 e. The smallest absolute Gasteiger partial charge is 0.158 e. The maximum atomic E-state index is 5.36. The highest BCUT2D eigenvalue weighted by atomic mass is 16.5. The monoisotopic (exact) mass is 288 g/mol. The minimum absolute atomic E-state index is 0.382. The van der Waals surface area contributed by atoms with Crippen LogP contribution in [0, 0.1) is 0 Å². The Hall–Kier alpha value is -2.34. The highest BCUT2D eigenvalue weighted by Gasteiger charge is 2.07. The number of methoxy groups -OCH3 is 1. The third kappa shape index (κ3) is 4.06. The average Bonchev–Trinajstić information content (AvgIpc) is 2.53. The summed E-state index contributed by atoms with van der Waals surface area (Å²) in [5.41, 5.74) is 0.850. The normalized spacial score (nSPS) is 10.2. The molecule has 0 aliphatic carbocycles. The van der Waals surface area contributed by atoms with Crippen molar-refractivity contribution in [2.45, 2.75) is 13.5 Å². The molecular weight excluding hydrogens is 268 g/mol. The molecular formula is C15H20N4O2. The van der Waals surface area contributed by atoms with Crippen LogP contribution >= 0.6 is 0 Å². The van der Waals surface area contributed by atoms with Gasteiger partial charge in [0.1, 0.15) is 24.0 Å². The van der Waals surface area contributed by atoms with E-state index in [9.17, 15) is 0 Å². The molecule has 0 amide bonds. The molecule has 2 N–H and O–H groups in total. The molecule has 2 aromatic rings. The molecule has 0 fully saturated rings. The first-order chi connectivity index (χ1) is 10.3. The highest BCUT2D eigenvalue weighted by Crippen LogP contribution is 2.26. The summed E-state index contributed by atoms with van der Waals surface area (Å²) in [5.74, 6) is 2.81. The zero-order valence-corrected chi connectivity index (χ0v) is 12.5. The SMILES string of the molecule is CCOCc1nc(NC)cc(Nc2ccccc2OC)n1. The van der Waals surface area contributed by atoms with Crippen LogP contribution in [0.15, 0.2) is 30.3 Å². The van der Waals surface area contributed by atoms with Gasteiger partial charge in [0.25, 0.3) is 0 Å². The van der Waals surface area contributed by atoms with Crippen molar-refractivity contribution in [2.75, 3.05) is 31.4 Å². The van der Waals surface area contributed by atoms with Gasteiger partial charge in [-0.3, -0.25) is 0 Å². The summed E-state index contributed by atoms with van der Waals surface area (Å²) >= 11 is 0. The third-order valence-electron chi connectivity index (χ3n) is 2.83. The molecule has 112 valence electrons. The third-order valence-corrected chi connectivity index (χ3v) is 2.83. The second-order valence-corrected chi connectivity index (χ2v) is 4.27. The van der Waals surface area contributed by atoms with Gasteiger partial charge in [-0.1, -0.05) is 12.1 Å². The van der Waals surface area contributed by atoms with Crippen molar-refractivity contribution >= 4 is 17.3 Å². The van der Waals surface area contributed by atoms with Crippen molar-refractivity contribution in [3.8, 4) is 5.75 Å². The van der Waals surface area contributed by atoms with E-state index in [0.29, 0.717) is 24.9 Å². The first-order valence-corrected chi connectivity index (χ1v) is 6.80. The summed E-state index contributed by atoms with van der Waals surface area (Å²) < 4.78 is 10.7. The van der Waals surface area contributed by atoms with Crippen LogP contribution in [-0.2, 0) is 11.3 Å². The summed E-state index contributed by atoms with van der Waals surface area (Å²) in [7, 11) is 3.46. The topological polar surface area (TPSA) is 68.3 Å². The minimum atomic E-state index is 0.382. The maximum absolute atomic E-state index is 5.36. The lowest BCUT2D eigenvalue weighted by atomic mass is 10.3. The molecule has 2 rings (SSSR count). The first-order valence-electron chi connectivity index (χ1n) is 6.80. The Balaban J connectivity index is 2.25. The molecule has 6 nitrogen and oxygen atoms in total. The summed E-state index contributed by atoms with van der Waals surface area (Å²) in [6, 6.07) is 9.52. The Morgan fingerprint density at radius 3 is 2.62 bits per heavy atom. The van der Waals surface area contributed by atoms with Gasteiger partial charge in [-0.05, 0) is 19.1 Å². The fourth-order valence-electron chi connectivity index (χ4n) is 1.83. The van der Waals surface area contributed by atoms with Crippen LogP contribution in [0.1, 0.15) is 12.7 Å². The predicted molar refractivity (Wildman–Crippen MR) is 83.2 cm³/mol. The summed E-state index contributed by atoms with van der Waals surface area (Å²) in [5, 5.41) is 6.26. The van der Waals surface area contributed by atoms with Gasteiger partial charge in [0.2, 0.25) is 0 Å². The molecule has 0 radical (unpaired) electrons. The van der Waals surface area contributed by atoms with Crippen LogP contribution in [-0.4, -0.2) is 30.7 Å². The van der Waals surface area contributed by atoms with E-state index in [-0.39, 0.29) is 0 Å². The zero-order valence-electron chi connectivity index (χ0n) is 12.5. The molecule has 0 unspecified atom stereocenters. The number of aromatic nitrogens is 2. The Labute approximate surface area is 124 Å². The number of ether oxygens (including phenoxy) is 2. The summed E-state index contributed by atoms with van der Waals surface area (Å²) in [6.45, 7) is 2.95. The molecule has 1 heterocycles. The Morgan fingerprint density at radius 2 is 1.90 bits per heavy atom. The van der Waals surface area contributed by atoms with E-state index < -0.39 is 0 Å². The molecule has 0 bridgehead atoms. The van der Waals surface area contributed by atoms with Gasteiger partial charge in [-0.15, -0.1) is 0 Å². The number of nitrogens with one attached hydrogen (secondary N) is 2. The summed E-state index contributed by atoms with van der Waals surface area (Å²) in [4.78, 5) is 8.80. The van der Waals surface area contributed by atoms with E-state index in [1.54, 1.807) is 7.11 Å². The van der Waals surface area contributed by atoms with E-state index >= 15 is 0 Å². The van der Waals surface area contributed by atoms with Gasteiger partial charge in [0, 0.05) is 19.7 Å². The van der Waals surface area contributed by atoms with Gasteiger partial charge < -0.3 is 20.1 Å². The Kier molecular flexibility index (Phi) is 5.34. The molecule has 0 saturated carbocycles. The van der Waals surface area contributed by atoms with Gasteiger partial charge in [0.05, 0.1) is 12.8 Å². The van der Waals surface area contributed by atoms with Crippen molar-refractivity contribution in [1.29, 1.82) is 0 Å². The van der Waals surface area contributed by atoms with Crippen molar-refractivity contribution in [3.63, 3.8) is 0 Å². The second-order valence-electron chi connectivity index (χ2n) is 4.27. The van der Waals surface area contributed by atoms with Crippen LogP contribution in [0.25, 0.3) is 0 Å². The molecule has 0 saturated heterocycles. The number of nitrogens with zero attached hydrogens (tertiary/aromatic N) is 2. The molecule has 1 aromatic heterocycles. The lowest BCUT2D eigenvalue weighted by Gasteiger charge is -2.12. The molecule has 6 heteroatoms. The molecule has 0 atom stereocenters. The predicted octanol–water partition coefficient (Wildman–Crippen LogP) is 2.81. The second kappa shape index (κ2) is 7.44. The van der Waals surface area contributed by atoms with Crippen molar-refractivity contribution in [1.82, 2.24) is 9.97 Å². The Morgan fingerprint density at radius 1 is 1.14 bits per heavy atom. The standard InChI is InChI=1S/C15H20N4O2/c1-4-21-10-15-18-13(16-2)9-14(19-15)17-11-7-5-6-8-12(11)20-3/h5-9H,4,10H2,1-3H3,(H2,16,17,18,19). The van der Waals surface area contributed by atoms with Gasteiger partial charge in [0.15, 0.2) is 5.82 Å². The lowest BCUT2D eigenvalue weighted by Crippen LogP contribution is -2.06. The number of hydrogen-bond donors (Lipinski definition) is 2. The van der Waals surface area contributed by atoms with Crippen LogP contribution in [0.3, 0.4) is 0 Å². The van der Waals surface area contributed by atoms with Crippen molar-refractivity contribution in [2.24, 2.45) is 0 Å². The largest absolute Gasteiger partial charge is 0.495 e. The van der Waals surface area contributed by atoms with Crippen molar-refractivity contribution in [3.05, 3.63) is 36.2 Å². The van der Waals surface area contributed by atoms with Gasteiger partial charge in [-0.2, -0.15) is 0 Å². The molecule has 21 heavy (non-hydrogen) atoms. The minimum Gasteiger partial charge on any atom is -0.495 e. The van der Waals surface area contributed by atoms with Crippen LogP contribution < -0.4 is 15.4 Å². The number of para-hydroxylation sites is 2. The van der Waals surface area contributed by atoms with E-state index in [4.69, 9.17) is 9.47 Å². The van der Waals surface area contributed by atoms with Crippen LogP contribution in [0.4, 0.5) is 17.3 Å². The Bertz CT molecular complexity index is 590. The first kappa shape index (κ1) is 15.1. The van der Waals surface area contributed by atoms with Gasteiger partial charge >= 0.3 is 0 Å². The molecule has 0 aliphatic rings. The average molecular weight is 288 g/mol. The van der Waals surface area contributed by atoms with E-state index in [2.05, 4.69) is 20.6 Å².